The minimum Gasteiger partial charge on any atom is -0.305 e. The zero-order valence-electron chi connectivity index (χ0n) is 19.4. The van der Waals surface area contributed by atoms with E-state index in [0.717, 1.165) is 22.0 Å². The lowest BCUT2D eigenvalue weighted by Gasteiger charge is -2.35. The lowest BCUT2D eigenvalue weighted by molar-refractivity contribution is 0.281. The number of halogens is 1. The molecular formula is C29H30IN3. The summed E-state index contributed by atoms with van der Waals surface area (Å²) in [6.45, 7) is 6.16. The van der Waals surface area contributed by atoms with Gasteiger partial charge in [0.25, 0.3) is 0 Å². The molecule has 0 radical (unpaired) electrons. The van der Waals surface area contributed by atoms with Crippen LogP contribution in [0.5, 0.6) is 0 Å². The third-order valence-corrected chi connectivity index (χ3v) is 7.13. The molecule has 1 unspecified atom stereocenters. The first-order valence-electron chi connectivity index (χ1n) is 11.2. The van der Waals surface area contributed by atoms with Crippen LogP contribution in [0.2, 0.25) is 0 Å². The summed E-state index contributed by atoms with van der Waals surface area (Å²) in [7, 11) is 0. The second-order valence-corrected chi connectivity index (χ2v) is 9.89. The van der Waals surface area contributed by atoms with Crippen LogP contribution in [0.4, 0.5) is 0 Å². The average Bonchev–Trinajstić information content (AvgIpc) is 2.86. The summed E-state index contributed by atoms with van der Waals surface area (Å²) in [5, 5.41) is 23.2. The number of hydrogen-bond donors (Lipinski definition) is 1. The van der Waals surface area contributed by atoms with Gasteiger partial charge in [-0.25, -0.2) is 0 Å². The molecule has 0 saturated carbocycles. The van der Waals surface area contributed by atoms with Crippen molar-refractivity contribution in [3.8, 4) is 12.1 Å². The standard InChI is InChI=1S/C29H30IN3/c1-21(33-28(29(2,3)20-32)25-9-5-4-6-10-25)27(26-11-7-8-24(16-26)19-31)17-22-12-14-23(18-30)15-13-22/h4-16,21,27-28,33H,17-18H2,1-3H3/t21-,27+,28?/m0/s1. The SMILES string of the molecule is C[C@H](NC(c1ccccc1)C(C)(C)C#N)[C@@H](Cc1ccc(CI)cc1)c1cccc(C#N)c1. The Kier molecular flexibility index (Phi) is 8.67. The molecule has 1 N–H and O–H groups in total. The summed E-state index contributed by atoms with van der Waals surface area (Å²) in [4.78, 5) is 0. The molecule has 3 aromatic carbocycles. The largest absolute Gasteiger partial charge is 0.305 e. The molecule has 3 rings (SSSR count). The Morgan fingerprint density at radius 2 is 1.52 bits per heavy atom. The topological polar surface area (TPSA) is 59.6 Å². The van der Waals surface area contributed by atoms with E-state index in [-0.39, 0.29) is 18.0 Å². The number of nitrogens with zero attached hydrogens (tertiary/aromatic N) is 2. The van der Waals surface area contributed by atoms with Crippen molar-refractivity contribution >= 4 is 22.6 Å². The summed E-state index contributed by atoms with van der Waals surface area (Å²) in [6.07, 6.45) is 0.846. The first-order valence-corrected chi connectivity index (χ1v) is 12.8. The molecule has 3 nitrogen and oxygen atoms in total. The third-order valence-electron chi connectivity index (χ3n) is 6.25. The Bertz CT molecular complexity index is 1120. The van der Waals surface area contributed by atoms with Gasteiger partial charge in [0.15, 0.2) is 0 Å². The summed E-state index contributed by atoms with van der Waals surface area (Å²) in [5.41, 5.74) is 4.90. The minimum atomic E-state index is -0.587. The number of nitriles is 2. The van der Waals surface area contributed by atoms with Gasteiger partial charge in [0.05, 0.1) is 29.2 Å². The van der Waals surface area contributed by atoms with E-state index < -0.39 is 5.41 Å². The van der Waals surface area contributed by atoms with Crippen molar-refractivity contribution in [1.82, 2.24) is 5.32 Å². The summed E-state index contributed by atoms with van der Waals surface area (Å²) in [6, 6.07) is 31.6. The maximum atomic E-state index is 9.92. The van der Waals surface area contributed by atoms with Crippen LogP contribution in [0.1, 0.15) is 60.5 Å². The normalized spacial score (nSPS) is 14.0. The van der Waals surface area contributed by atoms with Crippen molar-refractivity contribution in [2.45, 2.75) is 49.6 Å². The zero-order valence-corrected chi connectivity index (χ0v) is 21.6. The summed E-state index contributed by atoms with van der Waals surface area (Å²) in [5.74, 6) is 0.143. The van der Waals surface area contributed by atoms with Crippen LogP contribution in [0.15, 0.2) is 78.9 Å². The highest BCUT2D eigenvalue weighted by Crippen LogP contribution is 2.35. The molecule has 0 heterocycles. The molecule has 0 fully saturated rings. The van der Waals surface area contributed by atoms with E-state index in [0.29, 0.717) is 5.56 Å². The summed E-state index contributed by atoms with van der Waals surface area (Å²) < 4.78 is 0.992. The number of rotatable bonds is 9. The first kappa shape index (κ1) is 25.0. The average molecular weight is 547 g/mol. The van der Waals surface area contributed by atoms with Crippen LogP contribution in [-0.4, -0.2) is 6.04 Å². The molecule has 3 atom stereocenters. The van der Waals surface area contributed by atoms with Gasteiger partial charge in [0.2, 0.25) is 0 Å². The first-order chi connectivity index (χ1) is 15.9. The number of hydrogen-bond acceptors (Lipinski definition) is 3. The van der Waals surface area contributed by atoms with Gasteiger partial charge in [-0.3, -0.25) is 0 Å². The Hall–Kier alpha value is -2.67. The fourth-order valence-electron chi connectivity index (χ4n) is 4.25. The van der Waals surface area contributed by atoms with E-state index in [1.165, 1.54) is 11.1 Å². The van der Waals surface area contributed by atoms with E-state index in [1.54, 1.807) is 0 Å². The molecule has 0 aliphatic heterocycles. The van der Waals surface area contributed by atoms with Gasteiger partial charge in [-0.15, -0.1) is 0 Å². The van der Waals surface area contributed by atoms with E-state index >= 15 is 0 Å². The van der Waals surface area contributed by atoms with Gasteiger partial charge in [-0.2, -0.15) is 10.5 Å². The highest BCUT2D eigenvalue weighted by Gasteiger charge is 2.33. The number of alkyl halides is 1. The van der Waals surface area contributed by atoms with E-state index in [2.05, 4.69) is 89.4 Å². The Morgan fingerprint density at radius 3 is 2.12 bits per heavy atom. The van der Waals surface area contributed by atoms with Gasteiger partial charge >= 0.3 is 0 Å². The molecular weight excluding hydrogens is 517 g/mol. The maximum Gasteiger partial charge on any atom is 0.0991 e. The van der Waals surface area contributed by atoms with E-state index in [1.807, 2.05) is 50.2 Å². The fourth-order valence-corrected chi connectivity index (χ4v) is 4.76. The Balaban J connectivity index is 1.97. The lowest BCUT2D eigenvalue weighted by Crippen LogP contribution is -2.42. The molecule has 0 aliphatic carbocycles. The second kappa shape index (κ2) is 11.5. The van der Waals surface area contributed by atoms with E-state index in [9.17, 15) is 10.5 Å². The predicted molar refractivity (Wildman–Crippen MR) is 143 cm³/mol. The molecule has 0 saturated heterocycles. The van der Waals surface area contributed by atoms with Gasteiger partial charge in [-0.1, -0.05) is 89.3 Å². The van der Waals surface area contributed by atoms with Crippen LogP contribution < -0.4 is 5.32 Å². The molecule has 0 aliphatic rings. The second-order valence-electron chi connectivity index (χ2n) is 9.13. The molecule has 0 aromatic heterocycles. The Morgan fingerprint density at radius 1 is 0.879 bits per heavy atom. The quantitative estimate of drug-likeness (QED) is 0.230. The molecule has 33 heavy (non-hydrogen) atoms. The molecule has 4 heteroatoms. The number of benzene rings is 3. The van der Waals surface area contributed by atoms with Crippen molar-refractivity contribution in [1.29, 1.82) is 10.5 Å². The van der Waals surface area contributed by atoms with Crippen molar-refractivity contribution in [2.75, 3.05) is 0 Å². The van der Waals surface area contributed by atoms with Crippen LogP contribution in [0.25, 0.3) is 0 Å². The van der Waals surface area contributed by atoms with Crippen molar-refractivity contribution in [3.05, 3.63) is 107 Å². The van der Waals surface area contributed by atoms with Crippen molar-refractivity contribution in [2.24, 2.45) is 5.41 Å². The molecule has 0 bridgehead atoms. The summed E-state index contributed by atoms with van der Waals surface area (Å²) >= 11 is 2.38. The van der Waals surface area contributed by atoms with E-state index in [4.69, 9.17) is 0 Å². The lowest BCUT2D eigenvalue weighted by atomic mass is 9.79. The van der Waals surface area contributed by atoms with Crippen molar-refractivity contribution in [3.63, 3.8) is 0 Å². The van der Waals surface area contributed by atoms with Crippen LogP contribution in [-0.2, 0) is 10.8 Å². The van der Waals surface area contributed by atoms with Gasteiger partial charge in [0, 0.05) is 16.4 Å². The Labute approximate surface area is 211 Å². The van der Waals surface area contributed by atoms with Gasteiger partial charge in [0.1, 0.15) is 0 Å². The van der Waals surface area contributed by atoms with Crippen LogP contribution in [0, 0.1) is 28.1 Å². The van der Waals surface area contributed by atoms with Gasteiger partial charge < -0.3 is 5.32 Å². The smallest absolute Gasteiger partial charge is 0.0991 e. The highest BCUT2D eigenvalue weighted by molar-refractivity contribution is 14.1. The van der Waals surface area contributed by atoms with Crippen molar-refractivity contribution < 1.29 is 0 Å². The third kappa shape index (κ3) is 6.44. The fraction of sp³-hybridized carbons (Fsp3) is 0.310. The molecule has 0 amide bonds. The minimum absolute atomic E-state index is 0.0704. The molecule has 168 valence electrons. The monoisotopic (exact) mass is 547 g/mol. The zero-order chi connectivity index (χ0) is 23.8. The van der Waals surface area contributed by atoms with Crippen LogP contribution >= 0.6 is 22.6 Å². The van der Waals surface area contributed by atoms with Gasteiger partial charge in [-0.05, 0) is 61.6 Å². The number of nitrogens with one attached hydrogen (secondary N) is 1. The highest BCUT2D eigenvalue weighted by atomic mass is 127. The van der Waals surface area contributed by atoms with Crippen LogP contribution in [0.3, 0.4) is 0 Å². The predicted octanol–water partition coefficient (Wildman–Crippen LogP) is 7.09. The molecule has 0 spiro atoms. The maximum absolute atomic E-state index is 9.92. The molecule has 3 aromatic rings.